The van der Waals surface area contributed by atoms with E-state index < -0.39 is 24.3 Å². The van der Waals surface area contributed by atoms with Gasteiger partial charge < -0.3 is 9.47 Å². The van der Waals surface area contributed by atoms with Crippen LogP contribution in [0, 0.1) is 18.3 Å². The maximum absolute atomic E-state index is 13.0. The number of nitriles is 1. The summed E-state index contributed by atoms with van der Waals surface area (Å²) in [6, 6.07) is 18.1. The number of thiazole rings is 1. The SMILES string of the molecule is COc1ccc(-c2cc(C(=O)OCC(=O)[C@@H](C#N)c3nc(C)cs3)c3ccccc3n2)cc1. The Morgan fingerprint density at radius 1 is 1.12 bits per heavy atom. The van der Waals surface area contributed by atoms with Crippen LogP contribution in [-0.4, -0.2) is 35.4 Å². The van der Waals surface area contributed by atoms with Crippen LogP contribution in [0.5, 0.6) is 5.75 Å². The number of hydrogen-bond donors (Lipinski definition) is 0. The highest BCUT2D eigenvalue weighted by Gasteiger charge is 2.25. The van der Waals surface area contributed by atoms with Crippen LogP contribution in [-0.2, 0) is 9.53 Å². The molecule has 0 unspecified atom stereocenters. The molecule has 0 saturated heterocycles. The van der Waals surface area contributed by atoms with Crippen molar-refractivity contribution in [2.45, 2.75) is 12.8 Å². The summed E-state index contributed by atoms with van der Waals surface area (Å²) >= 11 is 1.23. The lowest BCUT2D eigenvalue weighted by molar-refractivity contribution is -0.122. The van der Waals surface area contributed by atoms with Crippen LogP contribution in [0.15, 0.2) is 60.0 Å². The average molecular weight is 458 g/mol. The van der Waals surface area contributed by atoms with Gasteiger partial charge in [-0.2, -0.15) is 5.26 Å². The topological polar surface area (TPSA) is 102 Å². The van der Waals surface area contributed by atoms with Crippen molar-refractivity contribution >= 4 is 34.0 Å². The van der Waals surface area contributed by atoms with E-state index in [-0.39, 0.29) is 5.56 Å². The zero-order chi connectivity index (χ0) is 23.4. The molecule has 0 saturated carbocycles. The normalized spacial score (nSPS) is 11.5. The van der Waals surface area contributed by atoms with Gasteiger partial charge in [0.1, 0.15) is 10.8 Å². The number of esters is 1. The molecule has 0 aliphatic carbocycles. The largest absolute Gasteiger partial charge is 0.497 e. The third-order valence-corrected chi connectivity index (χ3v) is 6.03. The van der Waals surface area contributed by atoms with Crippen LogP contribution in [0.4, 0.5) is 0 Å². The van der Waals surface area contributed by atoms with Gasteiger partial charge in [0.2, 0.25) is 0 Å². The van der Waals surface area contributed by atoms with Gasteiger partial charge >= 0.3 is 5.97 Å². The summed E-state index contributed by atoms with van der Waals surface area (Å²) < 4.78 is 10.5. The van der Waals surface area contributed by atoms with Gasteiger partial charge in [-0.15, -0.1) is 11.3 Å². The summed E-state index contributed by atoms with van der Waals surface area (Å²) in [6.45, 7) is 1.26. The number of ether oxygens (including phenoxy) is 2. The van der Waals surface area contributed by atoms with Crippen molar-refractivity contribution in [2.75, 3.05) is 13.7 Å². The molecule has 2 aromatic heterocycles. The Balaban J connectivity index is 1.60. The van der Waals surface area contributed by atoms with Crippen LogP contribution in [0.3, 0.4) is 0 Å². The first-order chi connectivity index (χ1) is 16.0. The number of fused-ring (bicyclic) bond motifs is 1. The summed E-state index contributed by atoms with van der Waals surface area (Å²) in [7, 11) is 1.59. The molecule has 2 heterocycles. The van der Waals surface area contributed by atoms with Crippen molar-refractivity contribution in [1.29, 1.82) is 5.26 Å². The third-order valence-electron chi connectivity index (χ3n) is 5.00. The number of aryl methyl sites for hydroxylation is 1. The summed E-state index contributed by atoms with van der Waals surface area (Å²) in [5, 5.41) is 12.2. The fourth-order valence-electron chi connectivity index (χ4n) is 3.32. The smallest absolute Gasteiger partial charge is 0.339 e. The van der Waals surface area contributed by atoms with E-state index in [1.807, 2.05) is 36.4 Å². The zero-order valence-corrected chi connectivity index (χ0v) is 18.8. The Bertz CT molecular complexity index is 1370. The fourth-order valence-corrected chi connectivity index (χ4v) is 4.18. The maximum atomic E-state index is 13.0. The Labute approximate surface area is 194 Å². The van der Waals surface area contributed by atoms with Crippen molar-refractivity contribution in [1.82, 2.24) is 9.97 Å². The number of methoxy groups -OCH3 is 1. The molecule has 0 spiro atoms. The summed E-state index contributed by atoms with van der Waals surface area (Å²) in [4.78, 5) is 34.4. The molecule has 7 nitrogen and oxygen atoms in total. The molecule has 0 aliphatic rings. The highest BCUT2D eigenvalue weighted by atomic mass is 32.1. The highest BCUT2D eigenvalue weighted by molar-refractivity contribution is 7.09. The minimum atomic E-state index is -1.07. The van der Waals surface area contributed by atoms with Gasteiger partial charge in [-0.05, 0) is 43.3 Å². The second-order valence-corrected chi connectivity index (χ2v) is 8.12. The number of aromatic nitrogens is 2. The Morgan fingerprint density at radius 3 is 2.55 bits per heavy atom. The van der Waals surface area contributed by atoms with E-state index in [4.69, 9.17) is 9.47 Å². The Morgan fingerprint density at radius 2 is 1.88 bits per heavy atom. The number of para-hydroxylation sites is 1. The van der Waals surface area contributed by atoms with Gasteiger partial charge in [-0.1, -0.05) is 18.2 Å². The monoisotopic (exact) mass is 457 g/mol. The minimum Gasteiger partial charge on any atom is -0.497 e. The number of ketones is 1. The molecule has 0 aliphatic heterocycles. The number of nitrogens with zero attached hydrogens (tertiary/aromatic N) is 3. The first kappa shape index (κ1) is 22.1. The molecule has 2 aromatic carbocycles. The van der Waals surface area contributed by atoms with Gasteiger partial charge in [0, 0.05) is 22.0 Å². The standard InChI is InChI=1S/C25H19N3O4S/c1-15-14-33-24(27-15)20(12-26)23(29)13-32-25(30)19-11-22(16-7-9-17(31-2)10-8-16)28-21-6-4-3-5-18(19)21/h3-11,14,20H,13H2,1-2H3/t20-/m1/s1. The fraction of sp³-hybridized carbons (Fsp3) is 0.160. The summed E-state index contributed by atoms with van der Waals surface area (Å²) in [5.41, 5.74) is 3.03. The van der Waals surface area contributed by atoms with Crippen molar-refractivity contribution in [3.05, 3.63) is 76.2 Å². The van der Waals surface area contributed by atoms with E-state index in [1.54, 1.807) is 43.7 Å². The van der Waals surface area contributed by atoms with Crippen LogP contribution in [0.25, 0.3) is 22.2 Å². The summed E-state index contributed by atoms with van der Waals surface area (Å²) in [5.74, 6) is -1.54. The first-order valence-corrected chi connectivity index (χ1v) is 10.9. The molecule has 0 fully saturated rings. The number of benzene rings is 2. The number of Topliss-reactive ketones (excluding diaryl/α,β-unsaturated/α-hetero) is 1. The van der Waals surface area contributed by atoms with Crippen molar-refractivity contribution in [2.24, 2.45) is 0 Å². The lowest BCUT2D eigenvalue weighted by atomic mass is 10.0. The predicted octanol–water partition coefficient (Wildman–Crippen LogP) is 4.71. The number of rotatable bonds is 7. The van der Waals surface area contributed by atoms with E-state index in [2.05, 4.69) is 9.97 Å². The molecule has 1 atom stereocenters. The average Bonchev–Trinajstić information content (AvgIpc) is 3.28. The van der Waals surface area contributed by atoms with E-state index in [1.165, 1.54) is 11.3 Å². The van der Waals surface area contributed by atoms with Crippen LogP contribution in [0.1, 0.15) is 27.0 Å². The molecule has 0 N–H and O–H groups in total. The number of hydrogen-bond acceptors (Lipinski definition) is 8. The first-order valence-electron chi connectivity index (χ1n) is 10.1. The van der Waals surface area contributed by atoms with E-state index in [0.29, 0.717) is 27.4 Å². The molecule has 164 valence electrons. The molecule has 4 aromatic rings. The molecule has 0 radical (unpaired) electrons. The maximum Gasteiger partial charge on any atom is 0.339 e. The Hall–Kier alpha value is -4.09. The predicted molar refractivity (Wildman–Crippen MR) is 124 cm³/mol. The Kier molecular flexibility index (Phi) is 6.43. The van der Waals surface area contributed by atoms with Crippen LogP contribution in [0.2, 0.25) is 0 Å². The van der Waals surface area contributed by atoms with Gasteiger partial charge in [-0.3, -0.25) is 4.79 Å². The molecular weight excluding hydrogens is 438 g/mol. The molecule has 4 rings (SSSR count). The molecular formula is C25H19N3O4S. The minimum absolute atomic E-state index is 0.290. The second kappa shape index (κ2) is 9.59. The van der Waals surface area contributed by atoms with Gasteiger partial charge in [-0.25, -0.2) is 14.8 Å². The number of carbonyl (C=O) groups is 2. The highest BCUT2D eigenvalue weighted by Crippen LogP contribution is 2.27. The zero-order valence-electron chi connectivity index (χ0n) is 17.9. The van der Waals surface area contributed by atoms with Crippen molar-refractivity contribution in [3.8, 4) is 23.1 Å². The number of pyridine rings is 1. The van der Waals surface area contributed by atoms with Crippen molar-refractivity contribution < 1.29 is 19.1 Å². The lowest BCUT2D eigenvalue weighted by Crippen LogP contribution is -2.20. The van der Waals surface area contributed by atoms with Gasteiger partial charge in [0.25, 0.3) is 0 Å². The van der Waals surface area contributed by atoms with E-state index >= 15 is 0 Å². The third kappa shape index (κ3) is 4.73. The number of carbonyl (C=O) groups excluding carboxylic acids is 2. The quantitative estimate of drug-likeness (QED) is 0.370. The molecule has 8 heteroatoms. The molecule has 0 amide bonds. The van der Waals surface area contributed by atoms with E-state index in [0.717, 1.165) is 11.3 Å². The van der Waals surface area contributed by atoms with Crippen LogP contribution < -0.4 is 4.74 Å². The van der Waals surface area contributed by atoms with Crippen molar-refractivity contribution in [3.63, 3.8) is 0 Å². The molecule has 0 bridgehead atoms. The second-order valence-electron chi connectivity index (χ2n) is 7.23. The lowest BCUT2D eigenvalue weighted by Gasteiger charge is -2.11. The van der Waals surface area contributed by atoms with Crippen LogP contribution >= 0.6 is 11.3 Å². The van der Waals surface area contributed by atoms with E-state index in [9.17, 15) is 14.9 Å². The summed E-state index contributed by atoms with van der Waals surface area (Å²) in [6.07, 6.45) is 0. The van der Waals surface area contributed by atoms with Gasteiger partial charge in [0.15, 0.2) is 18.3 Å². The van der Waals surface area contributed by atoms with Gasteiger partial charge in [0.05, 0.1) is 30.0 Å². The molecule has 33 heavy (non-hydrogen) atoms.